The average molecular weight is 371 g/mol. The number of fused-ring (bicyclic) bond motifs is 1. The second-order valence-electron chi connectivity index (χ2n) is 5.38. The van der Waals surface area contributed by atoms with Gasteiger partial charge in [0.05, 0.1) is 9.82 Å². The van der Waals surface area contributed by atoms with Gasteiger partial charge in [-0.05, 0) is 29.0 Å². The highest BCUT2D eigenvalue weighted by atomic mass is 32.2. The number of nitrogens with zero attached hydrogens (tertiary/aromatic N) is 1. The number of sulfonamides is 1. The molecule has 3 aromatic rings. The first-order valence-electron chi connectivity index (χ1n) is 7.42. The molecule has 3 rings (SSSR count). The van der Waals surface area contributed by atoms with E-state index in [1.807, 2.05) is 17.0 Å². The molecule has 26 heavy (non-hydrogen) atoms. The number of nitro groups is 1. The van der Waals surface area contributed by atoms with Gasteiger partial charge in [-0.2, -0.15) is 0 Å². The van der Waals surface area contributed by atoms with Crippen molar-refractivity contribution in [3.63, 3.8) is 0 Å². The summed E-state index contributed by atoms with van der Waals surface area (Å²) >= 11 is 0. The summed E-state index contributed by atoms with van der Waals surface area (Å²) in [6.07, 6.45) is 0. The summed E-state index contributed by atoms with van der Waals surface area (Å²) in [4.78, 5) is 24.1. The van der Waals surface area contributed by atoms with E-state index in [1.54, 1.807) is 18.2 Å². The summed E-state index contributed by atoms with van der Waals surface area (Å²) in [5, 5.41) is 12.4. The first-order chi connectivity index (χ1) is 12.4. The van der Waals surface area contributed by atoms with Gasteiger partial charge in [0, 0.05) is 17.7 Å². The monoisotopic (exact) mass is 371 g/mol. The quantitative estimate of drug-likeness (QED) is 0.527. The third kappa shape index (κ3) is 3.68. The Kier molecular flexibility index (Phi) is 4.65. The highest BCUT2D eigenvalue weighted by Crippen LogP contribution is 2.18. The average Bonchev–Trinajstić information content (AvgIpc) is 2.65. The minimum absolute atomic E-state index is 0.0180. The van der Waals surface area contributed by atoms with Crippen molar-refractivity contribution in [3.05, 3.63) is 82.4 Å². The van der Waals surface area contributed by atoms with E-state index < -0.39 is 20.9 Å². The summed E-state index contributed by atoms with van der Waals surface area (Å²) in [7, 11) is -4.00. The van der Waals surface area contributed by atoms with E-state index in [-0.39, 0.29) is 16.1 Å². The Hall–Kier alpha value is -3.30. The van der Waals surface area contributed by atoms with Gasteiger partial charge in [-0.15, -0.1) is 4.83 Å². The van der Waals surface area contributed by atoms with Crippen LogP contribution in [0.3, 0.4) is 0 Å². The Morgan fingerprint density at radius 2 is 1.65 bits per heavy atom. The van der Waals surface area contributed by atoms with Crippen LogP contribution >= 0.6 is 0 Å². The standard InChI is InChI=1S/C17H13N3O5S/c21-17(14-6-3-7-15(10-14)20(22)23)18-19-26(24,25)16-9-8-12-4-1-2-5-13(12)11-16/h1-11,19H,(H,18,21). The number of nitrogens with one attached hydrogen (secondary N) is 2. The van der Waals surface area contributed by atoms with E-state index in [0.717, 1.165) is 16.8 Å². The lowest BCUT2D eigenvalue weighted by Crippen LogP contribution is -2.41. The summed E-state index contributed by atoms with van der Waals surface area (Å²) in [6.45, 7) is 0. The molecule has 0 aliphatic heterocycles. The van der Waals surface area contributed by atoms with Gasteiger partial charge in [0.2, 0.25) is 0 Å². The first-order valence-corrected chi connectivity index (χ1v) is 8.90. The topological polar surface area (TPSA) is 118 Å². The maximum atomic E-state index is 12.4. The zero-order valence-electron chi connectivity index (χ0n) is 13.2. The van der Waals surface area contributed by atoms with Crippen LogP contribution in [0.15, 0.2) is 71.6 Å². The number of carbonyl (C=O) groups is 1. The molecule has 132 valence electrons. The number of rotatable bonds is 5. The Bertz CT molecular complexity index is 1110. The molecule has 3 aromatic carbocycles. The molecule has 0 aliphatic rings. The third-order valence-corrected chi connectivity index (χ3v) is 4.89. The van der Waals surface area contributed by atoms with Gasteiger partial charge in [-0.3, -0.25) is 20.3 Å². The predicted molar refractivity (Wildman–Crippen MR) is 94.8 cm³/mol. The Labute approximate surface area is 148 Å². The zero-order chi connectivity index (χ0) is 18.7. The molecular weight excluding hydrogens is 358 g/mol. The number of hydrogen-bond acceptors (Lipinski definition) is 5. The van der Waals surface area contributed by atoms with Gasteiger partial charge in [0.15, 0.2) is 0 Å². The fourth-order valence-electron chi connectivity index (χ4n) is 2.34. The lowest BCUT2D eigenvalue weighted by atomic mass is 10.1. The smallest absolute Gasteiger partial charge is 0.270 e. The Balaban J connectivity index is 1.77. The minimum atomic E-state index is -4.00. The number of hydrazine groups is 1. The van der Waals surface area contributed by atoms with Gasteiger partial charge in [0.1, 0.15) is 0 Å². The number of benzene rings is 3. The molecule has 9 heteroatoms. The van der Waals surface area contributed by atoms with Crippen LogP contribution in [0.4, 0.5) is 5.69 Å². The highest BCUT2D eigenvalue weighted by Gasteiger charge is 2.17. The zero-order valence-corrected chi connectivity index (χ0v) is 14.1. The maximum Gasteiger partial charge on any atom is 0.270 e. The van der Waals surface area contributed by atoms with Crippen LogP contribution in [0.1, 0.15) is 10.4 Å². The van der Waals surface area contributed by atoms with Crippen molar-refractivity contribution < 1.29 is 18.1 Å². The molecule has 0 saturated heterocycles. The molecule has 0 bridgehead atoms. The van der Waals surface area contributed by atoms with Crippen molar-refractivity contribution in [3.8, 4) is 0 Å². The summed E-state index contributed by atoms with van der Waals surface area (Å²) in [5.41, 5.74) is 1.74. The molecule has 0 unspecified atom stereocenters. The molecule has 0 radical (unpaired) electrons. The Morgan fingerprint density at radius 1 is 0.923 bits per heavy atom. The van der Waals surface area contributed by atoms with Crippen LogP contribution in [0.2, 0.25) is 0 Å². The van der Waals surface area contributed by atoms with E-state index in [1.165, 1.54) is 30.3 Å². The molecular formula is C17H13N3O5S. The Morgan fingerprint density at radius 3 is 2.38 bits per heavy atom. The molecule has 0 fully saturated rings. The second-order valence-corrected chi connectivity index (χ2v) is 7.06. The molecule has 0 spiro atoms. The number of non-ortho nitro benzene ring substituents is 1. The van der Waals surface area contributed by atoms with Gasteiger partial charge in [-0.25, -0.2) is 8.42 Å². The van der Waals surface area contributed by atoms with Crippen LogP contribution in [0.25, 0.3) is 10.8 Å². The van der Waals surface area contributed by atoms with Crippen LogP contribution in [-0.2, 0) is 10.0 Å². The summed E-state index contributed by atoms with van der Waals surface area (Å²) < 4.78 is 24.7. The molecule has 0 atom stereocenters. The van der Waals surface area contributed by atoms with Crippen LogP contribution in [0.5, 0.6) is 0 Å². The van der Waals surface area contributed by atoms with Crippen LogP contribution in [-0.4, -0.2) is 19.2 Å². The first kappa shape index (κ1) is 17.5. The molecule has 0 aliphatic carbocycles. The molecule has 0 saturated carbocycles. The van der Waals surface area contributed by atoms with Gasteiger partial charge >= 0.3 is 0 Å². The van der Waals surface area contributed by atoms with Crippen molar-refractivity contribution in [2.24, 2.45) is 0 Å². The summed E-state index contributed by atoms with van der Waals surface area (Å²) in [6, 6.07) is 16.8. The molecule has 1 amide bonds. The van der Waals surface area contributed by atoms with E-state index in [9.17, 15) is 23.3 Å². The maximum absolute atomic E-state index is 12.4. The SMILES string of the molecule is O=C(NNS(=O)(=O)c1ccc2ccccc2c1)c1cccc([N+](=O)[O-])c1. The molecule has 8 nitrogen and oxygen atoms in total. The van der Waals surface area contributed by atoms with E-state index in [4.69, 9.17) is 0 Å². The fraction of sp³-hybridized carbons (Fsp3) is 0. The van der Waals surface area contributed by atoms with Crippen LogP contribution < -0.4 is 10.3 Å². The minimum Gasteiger partial charge on any atom is -0.273 e. The van der Waals surface area contributed by atoms with Gasteiger partial charge in [0.25, 0.3) is 21.6 Å². The van der Waals surface area contributed by atoms with E-state index in [2.05, 4.69) is 5.43 Å². The van der Waals surface area contributed by atoms with Crippen LogP contribution in [0, 0.1) is 10.1 Å². The summed E-state index contributed by atoms with van der Waals surface area (Å²) in [5.74, 6) is -0.807. The molecule has 2 N–H and O–H groups in total. The van der Waals surface area contributed by atoms with E-state index >= 15 is 0 Å². The highest BCUT2D eigenvalue weighted by molar-refractivity contribution is 7.89. The van der Waals surface area contributed by atoms with Crippen molar-refractivity contribution in [2.75, 3.05) is 0 Å². The van der Waals surface area contributed by atoms with Crippen molar-refractivity contribution in [2.45, 2.75) is 4.90 Å². The normalized spacial score (nSPS) is 11.2. The second kappa shape index (κ2) is 6.90. The molecule has 0 aromatic heterocycles. The van der Waals surface area contributed by atoms with Crippen molar-refractivity contribution in [1.82, 2.24) is 10.3 Å². The number of nitro benzene ring substituents is 1. The van der Waals surface area contributed by atoms with Gasteiger partial charge in [-0.1, -0.05) is 36.4 Å². The number of hydrogen-bond donors (Lipinski definition) is 2. The lowest BCUT2D eigenvalue weighted by Gasteiger charge is -2.09. The predicted octanol–water partition coefficient (Wildman–Crippen LogP) is 2.37. The lowest BCUT2D eigenvalue weighted by molar-refractivity contribution is -0.384. The number of amides is 1. The largest absolute Gasteiger partial charge is 0.273 e. The van der Waals surface area contributed by atoms with E-state index in [0.29, 0.717) is 0 Å². The van der Waals surface area contributed by atoms with Gasteiger partial charge < -0.3 is 0 Å². The fourth-order valence-corrected chi connectivity index (χ4v) is 3.21. The molecule has 0 heterocycles. The van der Waals surface area contributed by atoms with Crippen molar-refractivity contribution in [1.29, 1.82) is 0 Å². The third-order valence-electron chi connectivity index (χ3n) is 3.65. The van der Waals surface area contributed by atoms with Crippen molar-refractivity contribution >= 4 is 32.4 Å². The number of carbonyl (C=O) groups excluding carboxylic acids is 1.